The van der Waals surface area contributed by atoms with E-state index in [1.807, 2.05) is 0 Å². The van der Waals surface area contributed by atoms with Gasteiger partial charge in [0.05, 0.1) is 5.56 Å². The molecule has 14 heavy (non-hydrogen) atoms. The third-order valence-corrected chi connectivity index (χ3v) is 1.51. The lowest BCUT2D eigenvalue weighted by molar-refractivity contribution is -0.289. The van der Waals surface area contributed by atoms with E-state index in [4.69, 9.17) is 0 Å². The maximum absolute atomic E-state index is 12.6. The third kappa shape index (κ3) is 1.61. The van der Waals surface area contributed by atoms with Crippen molar-refractivity contribution in [1.82, 2.24) is 4.98 Å². The van der Waals surface area contributed by atoms with Crippen LogP contribution >= 0.6 is 0 Å². The van der Waals surface area contributed by atoms with Crippen LogP contribution in [0.15, 0.2) is 23.1 Å². The van der Waals surface area contributed by atoms with Gasteiger partial charge in [0.15, 0.2) is 0 Å². The normalized spacial score (nSPS) is 12.9. The largest absolute Gasteiger partial charge is 0.458 e. The molecule has 0 atom stereocenters. The highest BCUT2D eigenvalue weighted by Crippen LogP contribution is 2.42. The van der Waals surface area contributed by atoms with Gasteiger partial charge >= 0.3 is 12.1 Å². The van der Waals surface area contributed by atoms with Crippen LogP contribution in [0.5, 0.6) is 0 Å². The molecule has 0 spiro atoms. The Hall–Kier alpha value is -1.40. The van der Waals surface area contributed by atoms with Crippen LogP contribution in [0.3, 0.4) is 0 Å². The predicted octanol–water partition coefficient (Wildman–Crippen LogP) is 2.03. The minimum atomic E-state index is -5.76. The third-order valence-electron chi connectivity index (χ3n) is 1.51. The summed E-state index contributed by atoms with van der Waals surface area (Å²) in [5.74, 6) is -5.12. The first kappa shape index (κ1) is 10.7. The lowest BCUT2D eigenvalue weighted by Gasteiger charge is -2.18. The molecular formula is C7H4F5NO. The number of pyridine rings is 1. The van der Waals surface area contributed by atoms with Crippen LogP contribution in [0.2, 0.25) is 0 Å². The van der Waals surface area contributed by atoms with E-state index in [0.29, 0.717) is 6.07 Å². The van der Waals surface area contributed by atoms with Gasteiger partial charge in [-0.1, -0.05) is 0 Å². The second-order valence-electron chi connectivity index (χ2n) is 2.49. The molecule has 7 heteroatoms. The van der Waals surface area contributed by atoms with Crippen molar-refractivity contribution in [2.24, 2.45) is 0 Å². The highest BCUT2D eigenvalue weighted by Gasteiger charge is 2.59. The van der Waals surface area contributed by atoms with E-state index in [1.54, 1.807) is 4.98 Å². The van der Waals surface area contributed by atoms with Crippen LogP contribution in [0.25, 0.3) is 0 Å². The molecule has 0 aliphatic carbocycles. The van der Waals surface area contributed by atoms with Gasteiger partial charge in [0.25, 0.3) is 5.56 Å². The van der Waals surface area contributed by atoms with Crippen molar-refractivity contribution in [3.05, 3.63) is 34.2 Å². The highest BCUT2D eigenvalue weighted by atomic mass is 19.4. The SMILES string of the molecule is O=c1[nH]cccc1C(F)(F)C(F)(F)F. The first-order valence-corrected chi connectivity index (χ1v) is 3.39. The van der Waals surface area contributed by atoms with E-state index in [2.05, 4.69) is 0 Å². The van der Waals surface area contributed by atoms with E-state index in [9.17, 15) is 26.7 Å². The Morgan fingerprint density at radius 2 is 1.71 bits per heavy atom. The molecule has 0 aliphatic rings. The zero-order valence-electron chi connectivity index (χ0n) is 6.53. The Balaban J connectivity index is 3.31. The summed E-state index contributed by atoms with van der Waals surface area (Å²) >= 11 is 0. The van der Waals surface area contributed by atoms with E-state index in [0.717, 1.165) is 12.3 Å². The molecule has 78 valence electrons. The van der Waals surface area contributed by atoms with Crippen molar-refractivity contribution in [2.75, 3.05) is 0 Å². The zero-order valence-corrected chi connectivity index (χ0v) is 6.53. The molecular weight excluding hydrogens is 209 g/mol. The highest BCUT2D eigenvalue weighted by molar-refractivity contribution is 5.17. The maximum Gasteiger partial charge on any atom is 0.458 e. The van der Waals surface area contributed by atoms with Gasteiger partial charge in [-0.05, 0) is 12.1 Å². The summed E-state index contributed by atoms with van der Waals surface area (Å²) in [5, 5.41) is 0. The summed E-state index contributed by atoms with van der Waals surface area (Å²) in [6.07, 6.45) is -4.79. The van der Waals surface area contributed by atoms with E-state index < -0.39 is 23.2 Å². The number of aromatic nitrogens is 1. The Bertz CT molecular complexity index is 380. The number of hydrogen-bond acceptors (Lipinski definition) is 1. The van der Waals surface area contributed by atoms with Crippen molar-refractivity contribution in [1.29, 1.82) is 0 Å². The summed E-state index contributed by atoms with van der Waals surface area (Å²) < 4.78 is 60.5. The molecule has 1 rings (SSSR count). The fourth-order valence-electron chi connectivity index (χ4n) is 0.822. The lowest BCUT2D eigenvalue weighted by atomic mass is 10.1. The molecule has 0 aliphatic heterocycles. The molecule has 0 fully saturated rings. The van der Waals surface area contributed by atoms with Crippen molar-refractivity contribution in [2.45, 2.75) is 12.1 Å². The minimum absolute atomic E-state index is 0.437. The van der Waals surface area contributed by atoms with E-state index in [1.165, 1.54) is 0 Å². The average Bonchev–Trinajstić information content (AvgIpc) is 2.02. The molecule has 0 saturated heterocycles. The van der Waals surface area contributed by atoms with Crippen LogP contribution < -0.4 is 5.56 Å². The number of hydrogen-bond donors (Lipinski definition) is 1. The monoisotopic (exact) mass is 213 g/mol. The standard InChI is InChI=1S/C7H4F5NO/c8-6(9,7(10,11)12)4-2-1-3-13-5(4)14/h1-3H,(H,13,14). The van der Waals surface area contributed by atoms with E-state index in [-0.39, 0.29) is 0 Å². The molecule has 1 aromatic heterocycles. The average molecular weight is 213 g/mol. The summed E-state index contributed by atoms with van der Waals surface area (Å²) in [4.78, 5) is 12.4. The maximum atomic E-state index is 12.6. The molecule has 0 radical (unpaired) electrons. The van der Waals surface area contributed by atoms with Crippen molar-refractivity contribution < 1.29 is 22.0 Å². The molecule has 0 aromatic carbocycles. The quantitative estimate of drug-likeness (QED) is 0.711. The molecule has 2 nitrogen and oxygen atoms in total. The number of nitrogens with one attached hydrogen (secondary N) is 1. The minimum Gasteiger partial charge on any atom is -0.329 e. The summed E-state index contributed by atoms with van der Waals surface area (Å²) in [6.45, 7) is 0. The fourth-order valence-corrected chi connectivity index (χ4v) is 0.822. The molecule has 0 saturated carbocycles. The van der Waals surface area contributed by atoms with Crippen LogP contribution in [-0.4, -0.2) is 11.2 Å². The number of alkyl halides is 5. The first-order chi connectivity index (χ1) is 6.27. The molecule has 0 amide bonds. The number of halogens is 5. The summed E-state index contributed by atoms with van der Waals surface area (Å²) in [5.41, 5.74) is -3.05. The van der Waals surface area contributed by atoms with Crippen LogP contribution in [0.1, 0.15) is 5.56 Å². The molecule has 1 N–H and O–H groups in total. The van der Waals surface area contributed by atoms with Gasteiger partial charge in [-0.15, -0.1) is 0 Å². The van der Waals surface area contributed by atoms with Crippen molar-refractivity contribution >= 4 is 0 Å². The first-order valence-electron chi connectivity index (χ1n) is 3.39. The topological polar surface area (TPSA) is 32.9 Å². The number of H-pyrrole nitrogens is 1. The number of aromatic amines is 1. The van der Waals surface area contributed by atoms with Crippen molar-refractivity contribution in [3.63, 3.8) is 0 Å². The van der Waals surface area contributed by atoms with E-state index >= 15 is 0 Å². The zero-order chi connectivity index (χ0) is 11.0. The number of rotatable bonds is 1. The Labute approximate surface area is 74.4 Å². The Kier molecular flexibility index (Phi) is 2.34. The Morgan fingerprint density at radius 3 is 2.14 bits per heavy atom. The predicted molar refractivity (Wildman–Crippen MR) is 37.0 cm³/mol. The second kappa shape index (κ2) is 3.07. The molecule has 0 bridgehead atoms. The molecule has 1 aromatic rings. The second-order valence-corrected chi connectivity index (χ2v) is 2.49. The smallest absolute Gasteiger partial charge is 0.329 e. The van der Waals surface area contributed by atoms with Gasteiger partial charge in [-0.2, -0.15) is 22.0 Å². The summed E-state index contributed by atoms with van der Waals surface area (Å²) in [6, 6.07) is 1.34. The van der Waals surface area contributed by atoms with Gasteiger partial charge in [0, 0.05) is 6.20 Å². The van der Waals surface area contributed by atoms with Crippen molar-refractivity contribution in [3.8, 4) is 0 Å². The van der Waals surface area contributed by atoms with Gasteiger partial charge < -0.3 is 4.98 Å². The lowest BCUT2D eigenvalue weighted by Crippen LogP contribution is -2.38. The Morgan fingerprint density at radius 1 is 1.14 bits per heavy atom. The summed E-state index contributed by atoms with van der Waals surface area (Å²) in [7, 11) is 0. The van der Waals surface area contributed by atoms with Gasteiger partial charge in [0.2, 0.25) is 0 Å². The fraction of sp³-hybridized carbons (Fsp3) is 0.286. The van der Waals surface area contributed by atoms with Gasteiger partial charge in [0.1, 0.15) is 0 Å². The molecule has 1 heterocycles. The van der Waals surface area contributed by atoms with Crippen LogP contribution in [-0.2, 0) is 5.92 Å². The van der Waals surface area contributed by atoms with Gasteiger partial charge in [-0.3, -0.25) is 4.79 Å². The molecule has 0 unspecified atom stereocenters. The van der Waals surface area contributed by atoms with Gasteiger partial charge in [-0.25, -0.2) is 0 Å². The van der Waals surface area contributed by atoms with Crippen LogP contribution in [0.4, 0.5) is 22.0 Å². The van der Waals surface area contributed by atoms with Crippen LogP contribution in [0, 0.1) is 0 Å².